The number of rotatable bonds is 7. The number of benzene rings is 2. The first kappa shape index (κ1) is 18.2. The number of hydrogen-bond acceptors (Lipinski definition) is 4. The molecular formula is C16H15BrClN3O3. The largest absolute Gasteiger partial charge is 0.384 e. The lowest BCUT2D eigenvalue weighted by Gasteiger charge is -2.09. The molecule has 0 aliphatic heterocycles. The Labute approximate surface area is 152 Å². The third-order valence-electron chi connectivity index (χ3n) is 3.20. The summed E-state index contributed by atoms with van der Waals surface area (Å²) in [6, 6.07) is 11.4. The van der Waals surface area contributed by atoms with Crippen LogP contribution in [0, 0.1) is 10.1 Å². The molecule has 0 aliphatic carbocycles. The number of carbonyl (C=O) groups excluding carboxylic acids is 1. The maximum Gasteiger partial charge on any atom is 0.271 e. The molecule has 6 nitrogen and oxygen atoms in total. The summed E-state index contributed by atoms with van der Waals surface area (Å²) in [5.41, 5.74) is 1.17. The standard InChI is InChI=1S/C16H15BrClN3O3/c17-12-4-1-3-11(9-12)16(22)20-8-2-7-19-15-6-5-13(21(23)24)10-14(15)18/h1,3-6,9-10,19H,2,7-8H2,(H,20,22). The van der Waals surface area contributed by atoms with Gasteiger partial charge < -0.3 is 10.6 Å². The second-order valence-corrected chi connectivity index (χ2v) is 6.29. The van der Waals surface area contributed by atoms with Crippen molar-refractivity contribution in [3.05, 3.63) is 67.6 Å². The zero-order valence-electron chi connectivity index (χ0n) is 12.6. The first-order valence-corrected chi connectivity index (χ1v) is 8.36. The van der Waals surface area contributed by atoms with Crippen LogP contribution in [0.1, 0.15) is 16.8 Å². The number of amides is 1. The van der Waals surface area contributed by atoms with Crippen molar-refractivity contribution in [3.63, 3.8) is 0 Å². The van der Waals surface area contributed by atoms with Crippen molar-refractivity contribution >= 4 is 44.8 Å². The quantitative estimate of drug-likeness (QED) is 0.405. The highest BCUT2D eigenvalue weighted by atomic mass is 79.9. The summed E-state index contributed by atoms with van der Waals surface area (Å²) in [5.74, 6) is -0.135. The minimum atomic E-state index is -0.493. The fraction of sp³-hybridized carbons (Fsp3) is 0.188. The molecule has 0 atom stereocenters. The summed E-state index contributed by atoms with van der Waals surface area (Å²) in [4.78, 5) is 22.1. The van der Waals surface area contributed by atoms with E-state index in [9.17, 15) is 14.9 Å². The van der Waals surface area contributed by atoms with Gasteiger partial charge in [0.15, 0.2) is 0 Å². The molecule has 2 aromatic rings. The van der Waals surface area contributed by atoms with Crippen molar-refractivity contribution in [2.45, 2.75) is 6.42 Å². The molecule has 2 aromatic carbocycles. The Kier molecular flexibility index (Phi) is 6.57. The molecular weight excluding hydrogens is 398 g/mol. The van der Waals surface area contributed by atoms with Crippen molar-refractivity contribution in [2.24, 2.45) is 0 Å². The van der Waals surface area contributed by atoms with Crippen LogP contribution in [0.2, 0.25) is 5.02 Å². The molecule has 0 bridgehead atoms. The van der Waals surface area contributed by atoms with Crippen LogP contribution < -0.4 is 10.6 Å². The van der Waals surface area contributed by atoms with E-state index in [0.717, 1.165) is 4.47 Å². The van der Waals surface area contributed by atoms with E-state index >= 15 is 0 Å². The summed E-state index contributed by atoms with van der Waals surface area (Å²) in [6.45, 7) is 1.08. The van der Waals surface area contributed by atoms with Gasteiger partial charge in [-0.25, -0.2) is 0 Å². The van der Waals surface area contributed by atoms with E-state index in [4.69, 9.17) is 11.6 Å². The molecule has 0 spiro atoms. The average molecular weight is 413 g/mol. The van der Waals surface area contributed by atoms with E-state index in [1.165, 1.54) is 12.1 Å². The van der Waals surface area contributed by atoms with Crippen molar-refractivity contribution in [1.29, 1.82) is 0 Å². The Bertz CT molecular complexity index is 755. The summed E-state index contributed by atoms with van der Waals surface area (Å²) in [7, 11) is 0. The maximum absolute atomic E-state index is 11.9. The highest BCUT2D eigenvalue weighted by Crippen LogP contribution is 2.26. The van der Waals surface area contributed by atoms with Crippen LogP contribution in [0.3, 0.4) is 0 Å². The van der Waals surface area contributed by atoms with Gasteiger partial charge in [0.05, 0.1) is 15.6 Å². The number of anilines is 1. The van der Waals surface area contributed by atoms with Crippen LogP contribution in [0.25, 0.3) is 0 Å². The number of nitro groups is 1. The lowest BCUT2D eigenvalue weighted by Crippen LogP contribution is -2.25. The van der Waals surface area contributed by atoms with Gasteiger partial charge in [-0.15, -0.1) is 0 Å². The van der Waals surface area contributed by atoms with Crippen LogP contribution in [0.5, 0.6) is 0 Å². The summed E-state index contributed by atoms with van der Waals surface area (Å²) in [5, 5.41) is 16.9. The summed E-state index contributed by atoms with van der Waals surface area (Å²) in [6.07, 6.45) is 0.688. The molecule has 0 unspecified atom stereocenters. The van der Waals surface area contributed by atoms with Crippen LogP contribution in [0.4, 0.5) is 11.4 Å². The number of nitro benzene ring substituents is 1. The van der Waals surface area contributed by atoms with Crippen molar-refractivity contribution in [2.75, 3.05) is 18.4 Å². The molecule has 0 radical (unpaired) electrons. The molecule has 0 saturated carbocycles. The van der Waals surface area contributed by atoms with E-state index in [0.29, 0.717) is 35.8 Å². The Morgan fingerprint density at radius 1 is 1.21 bits per heavy atom. The lowest BCUT2D eigenvalue weighted by molar-refractivity contribution is -0.384. The van der Waals surface area contributed by atoms with Crippen LogP contribution in [-0.4, -0.2) is 23.9 Å². The fourth-order valence-electron chi connectivity index (χ4n) is 2.01. The molecule has 2 rings (SSSR count). The molecule has 0 aliphatic rings. The predicted molar refractivity (Wildman–Crippen MR) is 97.7 cm³/mol. The number of non-ortho nitro benzene ring substituents is 1. The fourth-order valence-corrected chi connectivity index (χ4v) is 2.65. The topological polar surface area (TPSA) is 84.3 Å². The van der Waals surface area contributed by atoms with Gasteiger partial charge in [0, 0.05) is 35.3 Å². The lowest BCUT2D eigenvalue weighted by atomic mass is 10.2. The third-order valence-corrected chi connectivity index (χ3v) is 4.01. The van der Waals surface area contributed by atoms with Crippen molar-refractivity contribution in [1.82, 2.24) is 5.32 Å². The van der Waals surface area contributed by atoms with Gasteiger partial charge in [-0.3, -0.25) is 14.9 Å². The molecule has 1 amide bonds. The second-order valence-electron chi connectivity index (χ2n) is 4.97. The minimum absolute atomic E-state index is 0.0492. The van der Waals surface area contributed by atoms with E-state index in [1.807, 2.05) is 6.07 Å². The van der Waals surface area contributed by atoms with Crippen molar-refractivity contribution in [3.8, 4) is 0 Å². The zero-order chi connectivity index (χ0) is 17.5. The van der Waals surface area contributed by atoms with E-state index in [1.54, 1.807) is 24.3 Å². The third kappa shape index (κ3) is 5.21. The monoisotopic (exact) mass is 411 g/mol. The molecule has 2 N–H and O–H groups in total. The van der Waals surface area contributed by atoms with Crippen molar-refractivity contribution < 1.29 is 9.72 Å². The molecule has 0 fully saturated rings. The predicted octanol–water partition coefficient (Wildman–Crippen LogP) is 4.24. The molecule has 126 valence electrons. The number of nitrogens with zero attached hydrogens (tertiary/aromatic N) is 1. The van der Waals surface area contributed by atoms with Gasteiger partial charge in [-0.1, -0.05) is 33.6 Å². The van der Waals surface area contributed by atoms with Gasteiger partial charge in [0.25, 0.3) is 11.6 Å². The van der Waals surface area contributed by atoms with Gasteiger partial charge in [0.1, 0.15) is 0 Å². The SMILES string of the molecule is O=C(NCCCNc1ccc([N+](=O)[O-])cc1Cl)c1cccc(Br)c1. The molecule has 24 heavy (non-hydrogen) atoms. The Hall–Kier alpha value is -2.12. The Balaban J connectivity index is 1.75. The van der Waals surface area contributed by atoms with Gasteiger partial charge in [-0.2, -0.15) is 0 Å². The molecule has 0 saturated heterocycles. The first-order valence-electron chi connectivity index (χ1n) is 7.19. The number of carbonyl (C=O) groups is 1. The zero-order valence-corrected chi connectivity index (χ0v) is 14.9. The van der Waals surface area contributed by atoms with Gasteiger partial charge in [-0.05, 0) is 30.7 Å². The first-order chi connectivity index (χ1) is 11.5. The van der Waals surface area contributed by atoms with Gasteiger partial charge in [0.2, 0.25) is 0 Å². The van der Waals surface area contributed by atoms with Crippen LogP contribution in [0.15, 0.2) is 46.9 Å². The highest BCUT2D eigenvalue weighted by Gasteiger charge is 2.09. The average Bonchev–Trinajstić information content (AvgIpc) is 2.55. The minimum Gasteiger partial charge on any atom is -0.384 e. The molecule has 0 aromatic heterocycles. The number of halogens is 2. The smallest absolute Gasteiger partial charge is 0.271 e. The van der Waals surface area contributed by atoms with Gasteiger partial charge >= 0.3 is 0 Å². The molecule has 8 heteroatoms. The summed E-state index contributed by atoms with van der Waals surface area (Å²) >= 11 is 9.32. The second kappa shape index (κ2) is 8.65. The molecule has 0 heterocycles. The Morgan fingerprint density at radius 3 is 2.67 bits per heavy atom. The van der Waals surface area contributed by atoms with Crippen LogP contribution in [-0.2, 0) is 0 Å². The number of hydrogen-bond donors (Lipinski definition) is 2. The van der Waals surface area contributed by atoms with Crippen LogP contribution >= 0.6 is 27.5 Å². The van der Waals surface area contributed by atoms with E-state index in [2.05, 4.69) is 26.6 Å². The highest BCUT2D eigenvalue weighted by molar-refractivity contribution is 9.10. The normalized spacial score (nSPS) is 10.2. The number of nitrogens with one attached hydrogen (secondary N) is 2. The Morgan fingerprint density at radius 2 is 2.00 bits per heavy atom. The van der Waals surface area contributed by atoms with E-state index in [-0.39, 0.29) is 11.6 Å². The maximum atomic E-state index is 11.9. The summed E-state index contributed by atoms with van der Waals surface area (Å²) < 4.78 is 0.852. The van der Waals surface area contributed by atoms with E-state index < -0.39 is 4.92 Å².